The van der Waals surface area contributed by atoms with Crippen molar-refractivity contribution in [2.75, 3.05) is 32.8 Å². The van der Waals surface area contributed by atoms with Crippen LogP contribution in [-0.2, 0) is 9.59 Å². The molecule has 1 saturated heterocycles. The maximum Gasteiger partial charge on any atom is 0.295 e. The number of aromatic nitrogens is 1. The fraction of sp³-hybridized carbons (Fsp3) is 0.320. The molecule has 1 aliphatic heterocycles. The Labute approximate surface area is 188 Å². The quantitative estimate of drug-likeness (QED) is 0.267. The summed E-state index contributed by atoms with van der Waals surface area (Å²) in [4.78, 5) is 33.9. The highest BCUT2D eigenvalue weighted by molar-refractivity contribution is 6.46. The van der Waals surface area contributed by atoms with Crippen LogP contribution in [0.2, 0.25) is 0 Å². The van der Waals surface area contributed by atoms with Gasteiger partial charge in [-0.25, -0.2) is 0 Å². The SMILES string of the molecule is C=CCOc1ccc(/C(O)=C2/C(=O)C(=O)N(CCN(CC)CC)C2c2cccnc2)cc1. The van der Waals surface area contributed by atoms with Crippen LogP contribution in [0.5, 0.6) is 5.75 Å². The Hall–Kier alpha value is -3.45. The van der Waals surface area contributed by atoms with E-state index in [1.165, 1.54) is 4.90 Å². The second-order valence-electron chi connectivity index (χ2n) is 7.43. The third-order valence-corrected chi connectivity index (χ3v) is 5.59. The van der Waals surface area contributed by atoms with Crippen molar-refractivity contribution in [3.05, 3.63) is 78.1 Å². The summed E-state index contributed by atoms with van der Waals surface area (Å²) in [5, 5.41) is 11.1. The van der Waals surface area contributed by atoms with Crippen molar-refractivity contribution < 1.29 is 19.4 Å². The normalized spacial score (nSPS) is 17.7. The smallest absolute Gasteiger partial charge is 0.295 e. The van der Waals surface area contributed by atoms with E-state index >= 15 is 0 Å². The lowest BCUT2D eigenvalue weighted by Crippen LogP contribution is -2.38. The number of aliphatic hydroxyl groups is 1. The van der Waals surface area contributed by atoms with Gasteiger partial charge >= 0.3 is 0 Å². The number of hydrogen-bond donors (Lipinski definition) is 1. The Bertz CT molecular complexity index is 982. The fourth-order valence-corrected chi connectivity index (χ4v) is 3.80. The number of ether oxygens (including phenoxy) is 1. The predicted octanol–water partition coefficient (Wildman–Crippen LogP) is 3.41. The van der Waals surface area contributed by atoms with Crippen molar-refractivity contribution in [2.45, 2.75) is 19.9 Å². The minimum absolute atomic E-state index is 0.0716. The first-order valence-corrected chi connectivity index (χ1v) is 10.8. The van der Waals surface area contributed by atoms with E-state index in [0.717, 1.165) is 13.1 Å². The molecule has 0 spiro atoms. The highest BCUT2D eigenvalue weighted by Crippen LogP contribution is 2.39. The van der Waals surface area contributed by atoms with Crippen LogP contribution in [0.3, 0.4) is 0 Å². The zero-order chi connectivity index (χ0) is 23.1. The largest absolute Gasteiger partial charge is 0.507 e. The highest BCUT2D eigenvalue weighted by atomic mass is 16.5. The Morgan fingerprint density at radius 3 is 2.53 bits per heavy atom. The van der Waals surface area contributed by atoms with Gasteiger partial charge in [-0.1, -0.05) is 32.6 Å². The summed E-state index contributed by atoms with van der Waals surface area (Å²) in [6.45, 7) is 10.8. The summed E-state index contributed by atoms with van der Waals surface area (Å²) in [6.07, 6.45) is 4.90. The van der Waals surface area contributed by atoms with Crippen molar-refractivity contribution in [3.63, 3.8) is 0 Å². The van der Waals surface area contributed by atoms with Gasteiger partial charge in [0.05, 0.1) is 11.6 Å². The Balaban J connectivity index is 2.00. The molecule has 32 heavy (non-hydrogen) atoms. The number of aliphatic hydroxyl groups excluding tert-OH is 1. The number of rotatable bonds is 10. The second-order valence-corrected chi connectivity index (χ2v) is 7.43. The average molecular weight is 436 g/mol. The van der Waals surface area contributed by atoms with Crippen molar-refractivity contribution in [3.8, 4) is 5.75 Å². The Morgan fingerprint density at radius 1 is 1.22 bits per heavy atom. The van der Waals surface area contributed by atoms with Gasteiger partial charge in [0.15, 0.2) is 0 Å². The van der Waals surface area contributed by atoms with Gasteiger partial charge in [-0.3, -0.25) is 14.6 Å². The number of benzene rings is 1. The zero-order valence-electron chi connectivity index (χ0n) is 18.5. The summed E-state index contributed by atoms with van der Waals surface area (Å²) >= 11 is 0. The fourth-order valence-electron chi connectivity index (χ4n) is 3.80. The number of amides is 1. The van der Waals surface area contributed by atoms with Crippen molar-refractivity contribution >= 4 is 17.4 Å². The first kappa shape index (κ1) is 23.2. The summed E-state index contributed by atoms with van der Waals surface area (Å²) < 4.78 is 5.48. The Morgan fingerprint density at radius 2 is 1.94 bits per heavy atom. The van der Waals surface area contributed by atoms with Gasteiger partial charge in [0.1, 0.15) is 18.1 Å². The summed E-state index contributed by atoms with van der Waals surface area (Å²) in [6, 6.07) is 9.60. The van der Waals surface area contributed by atoms with Crippen LogP contribution in [0.4, 0.5) is 0 Å². The molecule has 0 aliphatic carbocycles. The van der Waals surface area contributed by atoms with Gasteiger partial charge in [-0.15, -0.1) is 0 Å². The molecule has 3 rings (SSSR count). The molecular formula is C25H29N3O4. The minimum atomic E-state index is -0.698. The van der Waals surface area contributed by atoms with Crippen LogP contribution < -0.4 is 4.74 Å². The lowest BCUT2D eigenvalue weighted by Gasteiger charge is -2.28. The molecule has 1 amide bonds. The molecule has 1 unspecified atom stereocenters. The van der Waals surface area contributed by atoms with E-state index < -0.39 is 17.7 Å². The summed E-state index contributed by atoms with van der Waals surface area (Å²) in [5.74, 6) is -0.899. The zero-order valence-corrected chi connectivity index (χ0v) is 18.5. The molecule has 1 aliphatic rings. The molecule has 0 radical (unpaired) electrons. The van der Waals surface area contributed by atoms with Crippen LogP contribution in [0, 0.1) is 0 Å². The van der Waals surface area contributed by atoms with E-state index in [0.29, 0.717) is 36.6 Å². The molecular weight excluding hydrogens is 406 g/mol. The van der Waals surface area contributed by atoms with Gasteiger partial charge < -0.3 is 19.6 Å². The number of ketones is 1. The van der Waals surface area contributed by atoms with E-state index in [1.807, 2.05) is 6.07 Å². The van der Waals surface area contributed by atoms with Gasteiger partial charge in [-0.05, 0) is 49.0 Å². The molecule has 2 aromatic rings. The topological polar surface area (TPSA) is 83.0 Å². The predicted molar refractivity (Wildman–Crippen MR) is 123 cm³/mol. The first-order valence-electron chi connectivity index (χ1n) is 10.8. The van der Waals surface area contributed by atoms with Crippen LogP contribution >= 0.6 is 0 Å². The molecule has 2 heterocycles. The number of Topliss-reactive ketones (excluding diaryl/α,β-unsaturated/α-hetero) is 1. The molecule has 7 heteroatoms. The van der Waals surface area contributed by atoms with Gasteiger partial charge in [0.25, 0.3) is 11.7 Å². The second kappa shape index (κ2) is 10.7. The van der Waals surface area contributed by atoms with Crippen molar-refractivity contribution in [1.82, 2.24) is 14.8 Å². The van der Waals surface area contributed by atoms with Crippen LogP contribution in [0.15, 0.2) is 67.0 Å². The monoisotopic (exact) mass is 435 g/mol. The molecule has 1 N–H and O–H groups in total. The van der Waals surface area contributed by atoms with Crippen LogP contribution in [0.1, 0.15) is 31.0 Å². The Kier molecular flexibility index (Phi) is 7.78. The molecule has 1 aromatic carbocycles. The molecule has 168 valence electrons. The van der Waals surface area contributed by atoms with E-state index in [-0.39, 0.29) is 11.3 Å². The average Bonchev–Trinajstić information content (AvgIpc) is 3.08. The number of likely N-dealkylation sites (N-methyl/N-ethyl adjacent to an activating group) is 1. The van der Waals surface area contributed by atoms with E-state index in [2.05, 4.69) is 30.3 Å². The van der Waals surface area contributed by atoms with Crippen LogP contribution in [-0.4, -0.2) is 64.4 Å². The highest BCUT2D eigenvalue weighted by Gasteiger charge is 2.46. The lowest BCUT2D eigenvalue weighted by atomic mass is 9.96. The maximum atomic E-state index is 13.0. The third-order valence-electron chi connectivity index (χ3n) is 5.59. The first-order chi connectivity index (χ1) is 15.5. The number of carbonyl (C=O) groups is 2. The van der Waals surface area contributed by atoms with Crippen molar-refractivity contribution in [2.24, 2.45) is 0 Å². The number of pyridine rings is 1. The molecule has 0 saturated carbocycles. The minimum Gasteiger partial charge on any atom is -0.507 e. The van der Waals surface area contributed by atoms with E-state index in [4.69, 9.17) is 4.74 Å². The number of hydrogen-bond acceptors (Lipinski definition) is 6. The summed E-state index contributed by atoms with van der Waals surface area (Å²) in [5.41, 5.74) is 1.19. The number of nitrogens with zero attached hydrogens (tertiary/aromatic N) is 3. The number of likely N-dealkylation sites (tertiary alicyclic amines) is 1. The molecule has 1 aromatic heterocycles. The lowest BCUT2D eigenvalue weighted by molar-refractivity contribution is -0.140. The molecule has 7 nitrogen and oxygen atoms in total. The standard InChI is InChI=1S/C25H29N3O4/c1-4-16-32-20-11-9-18(10-12-20)23(29)21-22(19-8-7-13-26-17-19)28(25(31)24(21)30)15-14-27(5-2)6-3/h4,7-13,17,22,29H,1,5-6,14-16H2,2-3H3/b23-21-. The molecule has 1 fully saturated rings. The van der Waals surface area contributed by atoms with E-state index in [9.17, 15) is 14.7 Å². The van der Waals surface area contributed by atoms with Gasteiger partial charge in [0.2, 0.25) is 0 Å². The van der Waals surface area contributed by atoms with Crippen LogP contribution in [0.25, 0.3) is 5.76 Å². The number of carbonyl (C=O) groups excluding carboxylic acids is 2. The third kappa shape index (κ3) is 4.89. The summed E-state index contributed by atoms with van der Waals surface area (Å²) in [7, 11) is 0. The van der Waals surface area contributed by atoms with E-state index in [1.54, 1.807) is 48.8 Å². The van der Waals surface area contributed by atoms with Gasteiger partial charge in [0, 0.05) is 31.0 Å². The van der Waals surface area contributed by atoms with Crippen molar-refractivity contribution in [1.29, 1.82) is 0 Å². The molecule has 0 bridgehead atoms. The maximum absolute atomic E-state index is 13.0. The van der Waals surface area contributed by atoms with Gasteiger partial charge in [-0.2, -0.15) is 0 Å². The molecule has 1 atom stereocenters.